The van der Waals surface area contributed by atoms with Gasteiger partial charge in [-0.1, -0.05) is 12.2 Å². The van der Waals surface area contributed by atoms with Crippen LogP contribution in [-0.2, 0) is 9.47 Å². The summed E-state index contributed by atoms with van der Waals surface area (Å²) in [6, 6.07) is 0. The van der Waals surface area contributed by atoms with E-state index in [9.17, 15) is 0 Å². The predicted molar refractivity (Wildman–Crippen MR) is 47.1 cm³/mol. The van der Waals surface area contributed by atoms with Gasteiger partial charge in [0.2, 0.25) is 0 Å². The van der Waals surface area contributed by atoms with Gasteiger partial charge in [0, 0.05) is 6.61 Å². The second kappa shape index (κ2) is 4.06. The first-order chi connectivity index (χ1) is 5.97. The predicted octanol–water partition coefficient (Wildman–Crippen LogP) is 1.90. The largest absolute Gasteiger partial charge is 0.376 e. The molecule has 0 saturated carbocycles. The highest BCUT2D eigenvalue weighted by Crippen LogP contribution is 2.22. The van der Waals surface area contributed by atoms with Crippen LogP contribution in [0.25, 0.3) is 0 Å². The van der Waals surface area contributed by atoms with Crippen LogP contribution in [-0.4, -0.2) is 25.4 Å². The fourth-order valence-corrected chi connectivity index (χ4v) is 1.90. The number of allylic oxidation sites excluding steroid dienone is 1. The summed E-state index contributed by atoms with van der Waals surface area (Å²) < 4.78 is 11.3. The monoisotopic (exact) mass is 168 g/mol. The van der Waals surface area contributed by atoms with E-state index in [0.29, 0.717) is 12.2 Å². The summed E-state index contributed by atoms with van der Waals surface area (Å²) in [5.41, 5.74) is 0. The Morgan fingerprint density at radius 1 is 1.00 bits per heavy atom. The standard InChI is InChI=1S/C10H16O2/c1-2-5-9-10(11-7-3-1)6-4-8-12-9/h1,3,9-10H,2,4-8H2/b3-1-/t9-,10+/m1/s1. The first-order valence-electron chi connectivity index (χ1n) is 4.85. The van der Waals surface area contributed by atoms with Gasteiger partial charge in [-0.25, -0.2) is 0 Å². The highest BCUT2D eigenvalue weighted by atomic mass is 16.5. The van der Waals surface area contributed by atoms with Crippen molar-refractivity contribution in [3.05, 3.63) is 12.2 Å². The van der Waals surface area contributed by atoms with Gasteiger partial charge in [-0.05, 0) is 25.7 Å². The van der Waals surface area contributed by atoms with Gasteiger partial charge < -0.3 is 9.47 Å². The number of rotatable bonds is 0. The van der Waals surface area contributed by atoms with Gasteiger partial charge in [0.25, 0.3) is 0 Å². The average Bonchev–Trinajstić information content (AvgIpc) is 2.06. The van der Waals surface area contributed by atoms with Crippen LogP contribution >= 0.6 is 0 Å². The Morgan fingerprint density at radius 3 is 2.92 bits per heavy atom. The molecule has 2 nitrogen and oxygen atoms in total. The third-order valence-corrected chi connectivity index (χ3v) is 2.57. The van der Waals surface area contributed by atoms with Crippen molar-refractivity contribution in [3.8, 4) is 0 Å². The lowest BCUT2D eigenvalue weighted by atomic mass is 10.0. The van der Waals surface area contributed by atoms with Crippen molar-refractivity contribution in [2.75, 3.05) is 13.2 Å². The molecule has 0 N–H and O–H groups in total. The van der Waals surface area contributed by atoms with Crippen LogP contribution in [0.1, 0.15) is 25.7 Å². The van der Waals surface area contributed by atoms with Gasteiger partial charge in [0.05, 0.1) is 18.8 Å². The lowest BCUT2D eigenvalue weighted by Crippen LogP contribution is -2.36. The van der Waals surface area contributed by atoms with Crippen molar-refractivity contribution in [1.29, 1.82) is 0 Å². The van der Waals surface area contributed by atoms with Crippen molar-refractivity contribution >= 4 is 0 Å². The zero-order valence-corrected chi connectivity index (χ0v) is 7.37. The van der Waals surface area contributed by atoms with E-state index in [1.165, 1.54) is 6.42 Å². The lowest BCUT2D eigenvalue weighted by molar-refractivity contribution is -0.103. The molecule has 2 heteroatoms. The highest BCUT2D eigenvalue weighted by Gasteiger charge is 2.26. The Labute approximate surface area is 73.5 Å². The van der Waals surface area contributed by atoms with Crippen molar-refractivity contribution < 1.29 is 9.47 Å². The molecule has 0 bridgehead atoms. The van der Waals surface area contributed by atoms with Crippen LogP contribution in [0.4, 0.5) is 0 Å². The molecule has 2 atom stereocenters. The zero-order valence-electron chi connectivity index (χ0n) is 7.37. The molecule has 2 rings (SSSR count). The topological polar surface area (TPSA) is 18.5 Å². The van der Waals surface area contributed by atoms with Gasteiger partial charge in [0.1, 0.15) is 0 Å². The first kappa shape index (κ1) is 8.27. The molecule has 0 radical (unpaired) electrons. The van der Waals surface area contributed by atoms with Crippen LogP contribution in [0.2, 0.25) is 0 Å². The molecule has 0 aromatic carbocycles. The third kappa shape index (κ3) is 1.87. The molecular formula is C10H16O2. The van der Waals surface area contributed by atoms with Gasteiger partial charge in [-0.3, -0.25) is 0 Å². The Morgan fingerprint density at radius 2 is 1.92 bits per heavy atom. The maximum Gasteiger partial charge on any atom is 0.0841 e. The van der Waals surface area contributed by atoms with E-state index in [0.717, 1.165) is 32.5 Å². The summed E-state index contributed by atoms with van der Waals surface area (Å²) in [5.74, 6) is 0. The summed E-state index contributed by atoms with van der Waals surface area (Å²) in [6.45, 7) is 1.69. The Hall–Kier alpha value is -0.340. The molecule has 12 heavy (non-hydrogen) atoms. The molecule has 0 aliphatic carbocycles. The fourth-order valence-electron chi connectivity index (χ4n) is 1.90. The minimum atomic E-state index is 0.365. The second-order valence-electron chi connectivity index (χ2n) is 3.47. The zero-order chi connectivity index (χ0) is 8.23. The number of hydrogen-bond acceptors (Lipinski definition) is 2. The molecule has 0 spiro atoms. The molecule has 0 aromatic rings. The number of hydrogen-bond donors (Lipinski definition) is 0. The normalized spacial score (nSPS) is 39.3. The molecule has 1 saturated heterocycles. The highest BCUT2D eigenvalue weighted by molar-refractivity contribution is 4.88. The Kier molecular flexibility index (Phi) is 2.79. The molecule has 0 amide bonds. The van der Waals surface area contributed by atoms with Crippen LogP contribution < -0.4 is 0 Å². The van der Waals surface area contributed by atoms with Crippen molar-refractivity contribution in [2.24, 2.45) is 0 Å². The third-order valence-electron chi connectivity index (χ3n) is 2.57. The average molecular weight is 168 g/mol. The molecule has 2 heterocycles. The van der Waals surface area contributed by atoms with E-state index < -0.39 is 0 Å². The van der Waals surface area contributed by atoms with Gasteiger partial charge in [-0.15, -0.1) is 0 Å². The van der Waals surface area contributed by atoms with E-state index >= 15 is 0 Å². The summed E-state index contributed by atoms with van der Waals surface area (Å²) in [6.07, 6.45) is 9.64. The molecule has 0 unspecified atom stereocenters. The smallest absolute Gasteiger partial charge is 0.0841 e. The maximum atomic E-state index is 5.68. The van der Waals surface area contributed by atoms with Crippen molar-refractivity contribution in [1.82, 2.24) is 0 Å². The van der Waals surface area contributed by atoms with Gasteiger partial charge >= 0.3 is 0 Å². The minimum Gasteiger partial charge on any atom is -0.376 e. The van der Waals surface area contributed by atoms with Gasteiger partial charge in [0.15, 0.2) is 0 Å². The van der Waals surface area contributed by atoms with Gasteiger partial charge in [-0.2, -0.15) is 0 Å². The van der Waals surface area contributed by atoms with E-state index in [2.05, 4.69) is 12.2 Å². The minimum absolute atomic E-state index is 0.365. The molecule has 68 valence electrons. The van der Waals surface area contributed by atoms with E-state index in [1.807, 2.05) is 0 Å². The summed E-state index contributed by atoms with van der Waals surface area (Å²) in [4.78, 5) is 0. The van der Waals surface area contributed by atoms with Crippen LogP contribution in [0, 0.1) is 0 Å². The van der Waals surface area contributed by atoms with Crippen LogP contribution in [0.5, 0.6) is 0 Å². The number of ether oxygens (including phenoxy) is 2. The lowest BCUT2D eigenvalue weighted by Gasteiger charge is -2.32. The molecule has 2 aliphatic heterocycles. The van der Waals surface area contributed by atoms with Crippen molar-refractivity contribution in [3.63, 3.8) is 0 Å². The summed E-state index contributed by atoms with van der Waals surface area (Å²) in [5, 5.41) is 0. The Balaban J connectivity index is 1.95. The SMILES string of the molecule is C1=C\CO[C@H]2CCCO[C@@H]2CC/1. The summed E-state index contributed by atoms with van der Waals surface area (Å²) in [7, 11) is 0. The summed E-state index contributed by atoms with van der Waals surface area (Å²) >= 11 is 0. The van der Waals surface area contributed by atoms with E-state index in [4.69, 9.17) is 9.47 Å². The van der Waals surface area contributed by atoms with E-state index in [1.54, 1.807) is 0 Å². The Bertz CT molecular complexity index is 147. The second-order valence-corrected chi connectivity index (χ2v) is 3.47. The van der Waals surface area contributed by atoms with Crippen molar-refractivity contribution in [2.45, 2.75) is 37.9 Å². The van der Waals surface area contributed by atoms with Crippen LogP contribution in [0.15, 0.2) is 12.2 Å². The first-order valence-corrected chi connectivity index (χ1v) is 4.85. The maximum absolute atomic E-state index is 5.68. The molecular weight excluding hydrogens is 152 g/mol. The fraction of sp³-hybridized carbons (Fsp3) is 0.800. The molecule has 2 aliphatic rings. The molecule has 0 aromatic heterocycles. The number of fused-ring (bicyclic) bond motifs is 1. The quantitative estimate of drug-likeness (QED) is 0.514. The van der Waals surface area contributed by atoms with E-state index in [-0.39, 0.29) is 0 Å². The molecule has 1 fully saturated rings. The van der Waals surface area contributed by atoms with Crippen LogP contribution in [0.3, 0.4) is 0 Å².